The summed E-state index contributed by atoms with van der Waals surface area (Å²) in [5, 5.41) is 9.09. The lowest BCUT2D eigenvalue weighted by Gasteiger charge is -2.09. The summed E-state index contributed by atoms with van der Waals surface area (Å²) < 4.78 is 1.29. The molecule has 0 bridgehead atoms. The number of aromatic amines is 1. The second-order valence-corrected chi connectivity index (χ2v) is 4.23. The largest absolute Gasteiger partial charge is 0.478 e. The van der Waals surface area contributed by atoms with Crippen LogP contribution >= 0.6 is 0 Å². The van der Waals surface area contributed by atoms with Crippen LogP contribution in [0.5, 0.6) is 0 Å². The molecule has 0 aliphatic rings. The molecule has 7 heteroatoms. The number of carbonyl (C=O) groups is 1. The highest BCUT2D eigenvalue weighted by Gasteiger charge is 2.17. The summed E-state index contributed by atoms with van der Waals surface area (Å²) in [6, 6.07) is 1.32. The topological polar surface area (TPSA) is 105 Å². The number of aromatic carboxylic acids is 1. The van der Waals surface area contributed by atoms with Crippen LogP contribution in [0.25, 0.3) is 11.0 Å². The molecule has 0 saturated carbocycles. The number of aromatic nitrogens is 3. The van der Waals surface area contributed by atoms with Gasteiger partial charge in [-0.3, -0.25) is 14.3 Å². The predicted octanol–water partition coefficient (Wildman–Crippen LogP) is 0.501. The Labute approximate surface area is 107 Å². The van der Waals surface area contributed by atoms with Crippen molar-refractivity contribution in [2.75, 3.05) is 0 Å². The molecule has 0 amide bonds. The van der Waals surface area contributed by atoms with Gasteiger partial charge < -0.3 is 5.11 Å². The van der Waals surface area contributed by atoms with Gasteiger partial charge in [-0.05, 0) is 19.4 Å². The van der Waals surface area contributed by atoms with Gasteiger partial charge in [0.1, 0.15) is 0 Å². The van der Waals surface area contributed by atoms with Crippen LogP contribution in [0.2, 0.25) is 0 Å². The van der Waals surface area contributed by atoms with Crippen molar-refractivity contribution in [1.29, 1.82) is 0 Å². The Bertz CT molecular complexity index is 773. The molecule has 0 aliphatic heterocycles. The van der Waals surface area contributed by atoms with E-state index in [0.29, 0.717) is 18.7 Å². The summed E-state index contributed by atoms with van der Waals surface area (Å²) in [6.45, 7) is 3.85. The van der Waals surface area contributed by atoms with Crippen LogP contribution in [0.1, 0.15) is 29.4 Å². The highest BCUT2D eigenvalue weighted by Crippen LogP contribution is 2.13. The lowest BCUT2D eigenvalue weighted by atomic mass is 10.1. The van der Waals surface area contributed by atoms with Gasteiger partial charge in [0.05, 0.1) is 10.9 Å². The molecule has 0 fully saturated rings. The summed E-state index contributed by atoms with van der Waals surface area (Å²) in [6.07, 6.45) is 0.666. The molecule has 0 saturated heterocycles. The summed E-state index contributed by atoms with van der Waals surface area (Å²) in [5.41, 5.74) is -0.882. The minimum Gasteiger partial charge on any atom is -0.478 e. The number of aryl methyl sites for hydroxylation is 2. The van der Waals surface area contributed by atoms with Crippen LogP contribution in [0.15, 0.2) is 15.7 Å². The van der Waals surface area contributed by atoms with E-state index in [0.717, 1.165) is 0 Å². The summed E-state index contributed by atoms with van der Waals surface area (Å²) in [5.74, 6) is -1.22. The molecule has 2 aromatic rings. The molecular weight excluding hydrogens is 250 g/mol. The number of hydrogen-bond acceptors (Lipinski definition) is 4. The minimum atomic E-state index is -1.22. The monoisotopic (exact) mass is 263 g/mol. The Morgan fingerprint density at radius 3 is 2.74 bits per heavy atom. The van der Waals surface area contributed by atoms with E-state index in [1.807, 2.05) is 6.92 Å². The number of nitrogens with one attached hydrogen (secondary N) is 1. The molecule has 0 aliphatic carbocycles. The van der Waals surface area contributed by atoms with Gasteiger partial charge in [0.15, 0.2) is 5.65 Å². The van der Waals surface area contributed by atoms with Gasteiger partial charge in [-0.25, -0.2) is 14.6 Å². The summed E-state index contributed by atoms with van der Waals surface area (Å²) >= 11 is 0. The quantitative estimate of drug-likeness (QED) is 0.839. The molecule has 7 nitrogen and oxygen atoms in total. The molecule has 2 rings (SSSR count). The third-order valence-corrected chi connectivity index (χ3v) is 2.75. The van der Waals surface area contributed by atoms with Gasteiger partial charge in [-0.1, -0.05) is 6.92 Å². The molecule has 2 aromatic heterocycles. The molecule has 100 valence electrons. The number of carboxylic acid groups (broad SMARTS) is 1. The van der Waals surface area contributed by atoms with Crippen molar-refractivity contribution in [2.24, 2.45) is 0 Å². The highest BCUT2D eigenvalue weighted by molar-refractivity contribution is 6.01. The lowest BCUT2D eigenvalue weighted by Crippen LogP contribution is -2.32. The molecule has 2 heterocycles. The average molecular weight is 263 g/mol. The molecule has 0 aromatic carbocycles. The Kier molecular flexibility index (Phi) is 3.20. The SMILES string of the molecule is CCCn1c(=O)[nH]c(=O)c2c(C(=O)O)cc(C)nc21. The van der Waals surface area contributed by atoms with Crippen molar-refractivity contribution in [3.63, 3.8) is 0 Å². The summed E-state index contributed by atoms with van der Waals surface area (Å²) in [7, 11) is 0. The Morgan fingerprint density at radius 1 is 1.47 bits per heavy atom. The third-order valence-electron chi connectivity index (χ3n) is 2.75. The van der Waals surface area contributed by atoms with Crippen LogP contribution in [-0.2, 0) is 6.54 Å². The maximum atomic E-state index is 11.8. The number of pyridine rings is 1. The van der Waals surface area contributed by atoms with Crippen LogP contribution in [0.3, 0.4) is 0 Å². The van der Waals surface area contributed by atoms with Crippen LogP contribution in [0.4, 0.5) is 0 Å². The zero-order chi connectivity index (χ0) is 14.2. The predicted molar refractivity (Wildman–Crippen MR) is 68.6 cm³/mol. The van der Waals surface area contributed by atoms with Crippen molar-refractivity contribution in [2.45, 2.75) is 26.8 Å². The number of H-pyrrole nitrogens is 1. The van der Waals surface area contributed by atoms with E-state index in [4.69, 9.17) is 5.11 Å². The van der Waals surface area contributed by atoms with Gasteiger partial charge in [0, 0.05) is 12.2 Å². The van der Waals surface area contributed by atoms with Crippen molar-refractivity contribution in [1.82, 2.24) is 14.5 Å². The van der Waals surface area contributed by atoms with Gasteiger partial charge >= 0.3 is 11.7 Å². The van der Waals surface area contributed by atoms with E-state index in [2.05, 4.69) is 9.97 Å². The second-order valence-electron chi connectivity index (χ2n) is 4.23. The Hall–Kier alpha value is -2.44. The molecule has 19 heavy (non-hydrogen) atoms. The Morgan fingerprint density at radius 2 is 2.16 bits per heavy atom. The fourth-order valence-electron chi connectivity index (χ4n) is 2.00. The number of nitrogens with zero attached hydrogens (tertiary/aromatic N) is 2. The molecule has 0 atom stereocenters. The molecule has 0 unspecified atom stereocenters. The second kappa shape index (κ2) is 4.68. The minimum absolute atomic E-state index is 0.0637. The Balaban J connectivity index is 3.04. The number of carboxylic acids is 1. The zero-order valence-electron chi connectivity index (χ0n) is 10.6. The van der Waals surface area contributed by atoms with E-state index < -0.39 is 17.2 Å². The third kappa shape index (κ3) is 2.14. The van der Waals surface area contributed by atoms with Gasteiger partial charge in [-0.2, -0.15) is 0 Å². The van der Waals surface area contributed by atoms with E-state index in [1.54, 1.807) is 6.92 Å². The average Bonchev–Trinajstić information content (AvgIpc) is 2.32. The van der Waals surface area contributed by atoms with Crippen molar-refractivity contribution >= 4 is 17.0 Å². The van der Waals surface area contributed by atoms with E-state index in [9.17, 15) is 14.4 Å². The van der Waals surface area contributed by atoms with Crippen LogP contribution in [0, 0.1) is 6.92 Å². The molecule has 0 spiro atoms. The van der Waals surface area contributed by atoms with E-state index in [-0.39, 0.29) is 16.6 Å². The maximum Gasteiger partial charge on any atom is 0.336 e. The fourth-order valence-corrected chi connectivity index (χ4v) is 2.00. The summed E-state index contributed by atoms with van der Waals surface area (Å²) in [4.78, 5) is 41.1. The normalized spacial score (nSPS) is 10.8. The van der Waals surface area contributed by atoms with Crippen molar-refractivity contribution in [3.05, 3.63) is 38.2 Å². The molecular formula is C12H13N3O4. The fraction of sp³-hybridized carbons (Fsp3) is 0.333. The van der Waals surface area contributed by atoms with Gasteiger partial charge in [-0.15, -0.1) is 0 Å². The number of rotatable bonds is 3. The highest BCUT2D eigenvalue weighted by atomic mass is 16.4. The standard InChI is InChI=1S/C12H13N3O4/c1-3-4-15-9-8(10(16)14-12(15)19)7(11(17)18)5-6(2)13-9/h5H,3-4H2,1-2H3,(H,17,18)(H,14,16,19). The van der Waals surface area contributed by atoms with Gasteiger partial charge in [0.2, 0.25) is 0 Å². The first kappa shape index (κ1) is 13.0. The zero-order valence-corrected chi connectivity index (χ0v) is 10.6. The van der Waals surface area contributed by atoms with Gasteiger partial charge in [0.25, 0.3) is 5.56 Å². The van der Waals surface area contributed by atoms with Crippen molar-refractivity contribution in [3.8, 4) is 0 Å². The maximum absolute atomic E-state index is 11.8. The van der Waals surface area contributed by atoms with E-state index in [1.165, 1.54) is 10.6 Å². The number of hydrogen-bond donors (Lipinski definition) is 2. The van der Waals surface area contributed by atoms with Crippen LogP contribution in [-0.4, -0.2) is 25.6 Å². The smallest absolute Gasteiger partial charge is 0.336 e. The van der Waals surface area contributed by atoms with Crippen LogP contribution < -0.4 is 11.2 Å². The molecule has 2 N–H and O–H groups in total. The first-order chi connectivity index (χ1) is 8.95. The first-order valence-electron chi connectivity index (χ1n) is 5.83. The number of fused-ring (bicyclic) bond motifs is 1. The molecule has 0 radical (unpaired) electrons. The first-order valence-corrected chi connectivity index (χ1v) is 5.83. The van der Waals surface area contributed by atoms with Crippen molar-refractivity contribution < 1.29 is 9.90 Å². The lowest BCUT2D eigenvalue weighted by molar-refractivity contribution is 0.0698. The van der Waals surface area contributed by atoms with E-state index >= 15 is 0 Å².